The van der Waals surface area contributed by atoms with Crippen LogP contribution in [0.3, 0.4) is 0 Å². The molecule has 0 N–H and O–H groups in total. The van der Waals surface area contributed by atoms with Crippen LogP contribution in [0.15, 0.2) is 241 Å². The Bertz CT molecular complexity index is 4160. The molecule has 2 heterocycles. The molecular weight excluding hydrogens is 799 g/mol. The van der Waals surface area contributed by atoms with E-state index in [9.17, 15) is 0 Å². The number of furan rings is 1. The quantitative estimate of drug-likeness (QED) is 0.158. The average molecular weight is 838 g/mol. The Kier molecular flexibility index (Phi) is 8.02. The number of fused-ring (bicyclic) bond motifs is 10. The highest BCUT2D eigenvalue weighted by Crippen LogP contribution is 2.50. The van der Waals surface area contributed by atoms with Crippen LogP contribution < -0.4 is 0 Å². The second-order valence-electron chi connectivity index (χ2n) is 17.4. The molecule has 0 aliphatic rings. The van der Waals surface area contributed by atoms with Crippen LogP contribution in [-0.2, 0) is 0 Å². The second kappa shape index (κ2) is 14.4. The molecule has 2 aromatic heterocycles. The summed E-state index contributed by atoms with van der Waals surface area (Å²) in [5, 5.41) is 14.5. The fraction of sp³-hybridized carbons (Fsp3) is 0. The monoisotopic (exact) mass is 837 g/mol. The van der Waals surface area contributed by atoms with Gasteiger partial charge in [0.2, 0.25) is 0 Å². The van der Waals surface area contributed by atoms with Crippen molar-refractivity contribution in [2.24, 2.45) is 0 Å². The van der Waals surface area contributed by atoms with Crippen LogP contribution in [0.1, 0.15) is 0 Å². The highest BCUT2D eigenvalue weighted by atomic mass is 16.3. The Morgan fingerprint density at radius 1 is 0.258 bits per heavy atom. The SMILES string of the molecule is c1ccc(-c2c3ccccc3c(-c3ccc4oc5cccc(-c6c7ccccc7c(-c7cccc8c7c7ccccc7n8-c7ccccc7)c7ccccc67)c5c4c3)c3ccccc23)cc1. The minimum absolute atomic E-state index is 0.877. The zero-order valence-corrected chi connectivity index (χ0v) is 35.9. The number of para-hydroxylation sites is 2. The Balaban J connectivity index is 1.05. The first kappa shape index (κ1) is 36.7. The first-order valence-corrected chi connectivity index (χ1v) is 22.8. The Morgan fingerprint density at radius 2 is 0.697 bits per heavy atom. The van der Waals surface area contributed by atoms with Crippen LogP contribution in [0.2, 0.25) is 0 Å². The molecule has 0 saturated carbocycles. The Labute approximate surface area is 380 Å². The standard InChI is InChI=1S/C64H39NO/c1-3-19-40(20-4-1)59-43-23-7-9-25-45(43)60(46-26-10-8-24-44(46)59)41-37-38-57-54(39-41)64-53(33-18-36-58(64)66-57)62-49-29-13-11-27-47(49)61(48-28-12-14-30-50(48)62)52-32-17-35-56-63(52)51-31-15-16-34-55(51)65(56)42-21-5-2-6-22-42/h1-39H. The predicted octanol–water partition coefficient (Wildman–Crippen LogP) is 18.0. The van der Waals surface area contributed by atoms with Crippen molar-refractivity contribution < 1.29 is 4.42 Å². The molecule has 2 heteroatoms. The minimum atomic E-state index is 0.877. The number of hydrogen-bond acceptors (Lipinski definition) is 1. The maximum Gasteiger partial charge on any atom is 0.136 e. The first-order chi connectivity index (χ1) is 32.8. The number of nitrogens with zero attached hydrogens (tertiary/aromatic N) is 1. The van der Waals surface area contributed by atoms with E-state index in [4.69, 9.17) is 4.42 Å². The molecule has 0 bridgehead atoms. The van der Waals surface area contributed by atoms with E-state index in [1.54, 1.807) is 0 Å². The largest absolute Gasteiger partial charge is 0.456 e. The summed E-state index contributed by atoms with van der Waals surface area (Å²) in [5.74, 6) is 0. The van der Waals surface area contributed by atoms with Crippen LogP contribution >= 0.6 is 0 Å². The lowest BCUT2D eigenvalue weighted by molar-refractivity contribution is 0.669. The summed E-state index contributed by atoms with van der Waals surface area (Å²) in [5.41, 5.74) is 15.0. The summed E-state index contributed by atoms with van der Waals surface area (Å²) >= 11 is 0. The van der Waals surface area contributed by atoms with Gasteiger partial charge in [-0.1, -0.05) is 194 Å². The molecule has 0 atom stereocenters. The summed E-state index contributed by atoms with van der Waals surface area (Å²) < 4.78 is 9.21. The van der Waals surface area contributed by atoms with Crippen LogP contribution in [0, 0.1) is 0 Å². The van der Waals surface area contributed by atoms with E-state index in [0.717, 1.165) is 33.2 Å². The smallest absolute Gasteiger partial charge is 0.136 e. The molecule has 0 radical (unpaired) electrons. The molecule has 0 spiro atoms. The molecule has 0 fully saturated rings. The van der Waals surface area contributed by atoms with Crippen LogP contribution in [-0.4, -0.2) is 4.57 Å². The van der Waals surface area contributed by atoms with Gasteiger partial charge in [-0.25, -0.2) is 0 Å². The van der Waals surface area contributed by atoms with Crippen LogP contribution in [0.5, 0.6) is 0 Å². The van der Waals surface area contributed by atoms with Gasteiger partial charge >= 0.3 is 0 Å². The zero-order chi connectivity index (χ0) is 43.3. The van der Waals surface area contributed by atoms with Gasteiger partial charge in [0, 0.05) is 27.2 Å². The molecule has 0 aliphatic carbocycles. The summed E-state index contributed by atoms with van der Waals surface area (Å²) in [6, 6.07) is 86.4. The Morgan fingerprint density at radius 3 is 1.27 bits per heavy atom. The van der Waals surface area contributed by atoms with Gasteiger partial charge in [-0.05, 0) is 130 Å². The summed E-state index contributed by atoms with van der Waals surface area (Å²) in [6.45, 7) is 0. The molecule has 0 amide bonds. The lowest BCUT2D eigenvalue weighted by Crippen LogP contribution is -1.94. The van der Waals surface area contributed by atoms with Gasteiger partial charge in [-0.2, -0.15) is 0 Å². The van der Waals surface area contributed by atoms with Crippen molar-refractivity contribution in [2.75, 3.05) is 0 Å². The van der Waals surface area contributed by atoms with E-state index in [0.29, 0.717) is 0 Å². The van der Waals surface area contributed by atoms with E-state index < -0.39 is 0 Å². The zero-order valence-electron chi connectivity index (χ0n) is 35.9. The van der Waals surface area contributed by atoms with Crippen molar-refractivity contribution in [3.05, 3.63) is 237 Å². The molecular formula is C64H39NO. The summed E-state index contributed by atoms with van der Waals surface area (Å²) in [6.07, 6.45) is 0. The van der Waals surface area contributed by atoms with Gasteiger partial charge in [0.05, 0.1) is 11.0 Å². The van der Waals surface area contributed by atoms with E-state index >= 15 is 0 Å². The molecule has 0 saturated heterocycles. The topological polar surface area (TPSA) is 18.1 Å². The van der Waals surface area contributed by atoms with Crippen molar-refractivity contribution >= 4 is 86.8 Å². The molecule has 0 aliphatic heterocycles. The van der Waals surface area contributed by atoms with E-state index in [2.05, 4.69) is 241 Å². The van der Waals surface area contributed by atoms with E-state index in [-0.39, 0.29) is 0 Å². The fourth-order valence-corrected chi connectivity index (χ4v) is 11.3. The highest BCUT2D eigenvalue weighted by molar-refractivity contribution is 6.29. The lowest BCUT2D eigenvalue weighted by atomic mass is 9.83. The van der Waals surface area contributed by atoms with Gasteiger partial charge in [0.1, 0.15) is 11.2 Å². The average Bonchev–Trinajstić information content (AvgIpc) is 3.94. The predicted molar refractivity (Wildman–Crippen MR) is 280 cm³/mol. The fourth-order valence-electron chi connectivity index (χ4n) is 11.3. The van der Waals surface area contributed by atoms with Crippen molar-refractivity contribution in [3.63, 3.8) is 0 Å². The number of rotatable bonds is 5. The lowest BCUT2D eigenvalue weighted by Gasteiger charge is -2.19. The first-order valence-electron chi connectivity index (χ1n) is 22.8. The minimum Gasteiger partial charge on any atom is -0.456 e. The molecule has 306 valence electrons. The van der Waals surface area contributed by atoms with Gasteiger partial charge < -0.3 is 8.98 Å². The third kappa shape index (κ3) is 5.30. The van der Waals surface area contributed by atoms with E-state index in [1.807, 2.05) is 0 Å². The number of aromatic nitrogens is 1. The third-order valence-electron chi connectivity index (χ3n) is 14.0. The number of benzene rings is 12. The molecule has 0 unspecified atom stereocenters. The second-order valence-corrected chi connectivity index (χ2v) is 17.4. The van der Waals surface area contributed by atoms with E-state index in [1.165, 1.54) is 104 Å². The molecule has 14 rings (SSSR count). The van der Waals surface area contributed by atoms with Gasteiger partial charge in [0.25, 0.3) is 0 Å². The van der Waals surface area contributed by atoms with Crippen LogP contribution in [0.25, 0.3) is 137 Å². The van der Waals surface area contributed by atoms with Crippen molar-refractivity contribution in [1.29, 1.82) is 0 Å². The van der Waals surface area contributed by atoms with Crippen LogP contribution in [0.4, 0.5) is 0 Å². The van der Waals surface area contributed by atoms with Crippen molar-refractivity contribution in [1.82, 2.24) is 4.57 Å². The molecule has 66 heavy (non-hydrogen) atoms. The third-order valence-corrected chi connectivity index (χ3v) is 14.0. The highest BCUT2D eigenvalue weighted by Gasteiger charge is 2.24. The number of hydrogen-bond donors (Lipinski definition) is 0. The summed E-state index contributed by atoms with van der Waals surface area (Å²) in [7, 11) is 0. The van der Waals surface area contributed by atoms with Gasteiger partial charge in [0.15, 0.2) is 0 Å². The molecule has 2 nitrogen and oxygen atoms in total. The van der Waals surface area contributed by atoms with Gasteiger partial charge in [-0.3, -0.25) is 0 Å². The summed E-state index contributed by atoms with van der Waals surface area (Å²) in [4.78, 5) is 0. The maximum atomic E-state index is 6.80. The maximum absolute atomic E-state index is 6.80. The van der Waals surface area contributed by atoms with Crippen molar-refractivity contribution in [3.8, 4) is 50.2 Å². The van der Waals surface area contributed by atoms with Gasteiger partial charge in [-0.15, -0.1) is 0 Å². The Hall–Kier alpha value is -8.72. The normalized spacial score (nSPS) is 11.9. The molecule has 12 aromatic carbocycles. The molecule has 14 aromatic rings. The van der Waals surface area contributed by atoms with Crippen molar-refractivity contribution in [2.45, 2.75) is 0 Å².